The van der Waals surface area contributed by atoms with Crippen molar-refractivity contribution in [3.05, 3.63) is 65.5 Å². The summed E-state index contributed by atoms with van der Waals surface area (Å²) >= 11 is 0. The van der Waals surface area contributed by atoms with Crippen molar-refractivity contribution < 1.29 is 19.1 Å². The Labute approximate surface area is 131 Å². The first kappa shape index (κ1) is 16.2. The third kappa shape index (κ3) is 4.92. The highest BCUT2D eigenvalue weighted by Gasteiger charge is 2.06. The van der Waals surface area contributed by atoms with Crippen LogP contribution < -0.4 is 10.7 Å². The first-order valence-corrected chi connectivity index (χ1v) is 6.70. The second kappa shape index (κ2) is 7.69. The van der Waals surface area contributed by atoms with Crippen LogP contribution in [0.1, 0.15) is 15.9 Å². The number of hydrazone groups is 1. The topological polar surface area (TPSA) is 90.8 Å². The molecule has 0 atom stereocenters. The predicted molar refractivity (Wildman–Crippen MR) is 84.0 cm³/mol. The summed E-state index contributed by atoms with van der Waals surface area (Å²) in [6.07, 6.45) is 1.26. The average molecular weight is 315 g/mol. The molecule has 0 aliphatic rings. The molecule has 0 saturated carbocycles. The molecule has 0 heterocycles. The smallest absolute Gasteiger partial charge is 0.336 e. The summed E-state index contributed by atoms with van der Waals surface area (Å²) in [5, 5.41) is 15.5. The molecule has 0 aromatic heterocycles. The van der Waals surface area contributed by atoms with Crippen LogP contribution in [0.25, 0.3) is 0 Å². The number of benzene rings is 2. The van der Waals surface area contributed by atoms with E-state index in [-0.39, 0.29) is 17.9 Å². The number of rotatable bonds is 6. The molecule has 0 radical (unpaired) electrons. The van der Waals surface area contributed by atoms with E-state index < -0.39 is 11.9 Å². The van der Waals surface area contributed by atoms with E-state index in [0.29, 0.717) is 11.3 Å². The van der Waals surface area contributed by atoms with Crippen molar-refractivity contribution in [2.75, 3.05) is 11.9 Å². The van der Waals surface area contributed by atoms with Gasteiger partial charge in [-0.25, -0.2) is 14.6 Å². The lowest BCUT2D eigenvalue weighted by atomic mass is 10.1. The molecule has 7 heteroatoms. The number of carboxylic acid groups (broad SMARTS) is 1. The molecule has 2 aromatic carbocycles. The van der Waals surface area contributed by atoms with E-state index in [0.717, 1.165) is 0 Å². The number of carbonyl (C=O) groups excluding carboxylic acids is 1. The van der Waals surface area contributed by atoms with Crippen LogP contribution >= 0.6 is 0 Å². The Bertz CT molecular complexity index is 730. The van der Waals surface area contributed by atoms with Crippen LogP contribution in [0.4, 0.5) is 10.1 Å². The van der Waals surface area contributed by atoms with Crippen LogP contribution in [0.15, 0.2) is 53.6 Å². The lowest BCUT2D eigenvalue weighted by molar-refractivity contribution is -0.119. The molecule has 3 N–H and O–H groups in total. The van der Waals surface area contributed by atoms with Crippen molar-refractivity contribution in [2.24, 2.45) is 5.10 Å². The molecule has 6 nitrogen and oxygen atoms in total. The number of nitrogens with zero attached hydrogens (tertiary/aromatic N) is 1. The first-order chi connectivity index (χ1) is 11.1. The van der Waals surface area contributed by atoms with Crippen molar-refractivity contribution in [3.63, 3.8) is 0 Å². The van der Waals surface area contributed by atoms with Crippen molar-refractivity contribution >= 4 is 23.8 Å². The summed E-state index contributed by atoms with van der Waals surface area (Å²) in [7, 11) is 0. The quantitative estimate of drug-likeness (QED) is 0.562. The Hall–Kier alpha value is -3.22. The Kier molecular flexibility index (Phi) is 5.40. The van der Waals surface area contributed by atoms with Crippen LogP contribution in [-0.4, -0.2) is 29.7 Å². The second-order valence-electron chi connectivity index (χ2n) is 4.55. The van der Waals surface area contributed by atoms with E-state index >= 15 is 0 Å². The van der Waals surface area contributed by atoms with E-state index in [9.17, 15) is 14.0 Å². The number of amides is 1. The number of aromatic carboxylic acids is 1. The lowest BCUT2D eigenvalue weighted by Crippen LogP contribution is -2.25. The second-order valence-corrected chi connectivity index (χ2v) is 4.55. The SMILES string of the molecule is O=C(CNc1ccc(F)cc1)N/N=C/c1ccccc1C(=O)O. The monoisotopic (exact) mass is 315 g/mol. The minimum atomic E-state index is -1.07. The van der Waals surface area contributed by atoms with Crippen LogP contribution in [-0.2, 0) is 4.79 Å². The van der Waals surface area contributed by atoms with E-state index in [1.54, 1.807) is 18.2 Å². The van der Waals surface area contributed by atoms with Gasteiger partial charge in [0.15, 0.2) is 0 Å². The molecule has 118 valence electrons. The summed E-state index contributed by atoms with van der Waals surface area (Å²) in [6.45, 7) is -0.0520. The number of nitrogens with one attached hydrogen (secondary N) is 2. The van der Waals surface area contributed by atoms with Gasteiger partial charge < -0.3 is 10.4 Å². The molecular weight excluding hydrogens is 301 g/mol. The van der Waals surface area contributed by atoms with E-state index in [2.05, 4.69) is 15.8 Å². The van der Waals surface area contributed by atoms with Gasteiger partial charge in [0, 0.05) is 11.3 Å². The Morgan fingerprint density at radius 2 is 1.83 bits per heavy atom. The van der Waals surface area contributed by atoms with Crippen LogP contribution in [0.2, 0.25) is 0 Å². The number of carbonyl (C=O) groups is 2. The summed E-state index contributed by atoms with van der Waals surface area (Å²) in [5.74, 6) is -1.85. The highest BCUT2D eigenvalue weighted by atomic mass is 19.1. The average Bonchev–Trinajstić information content (AvgIpc) is 2.54. The molecule has 2 rings (SSSR count). The van der Waals surface area contributed by atoms with Gasteiger partial charge in [-0.15, -0.1) is 0 Å². The highest BCUT2D eigenvalue weighted by molar-refractivity contribution is 5.98. The Morgan fingerprint density at radius 1 is 1.13 bits per heavy atom. The molecule has 1 amide bonds. The van der Waals surface area contributed by atoms with Gasteiger partial charge >= 0.3 is 5.97 Å². The predicted octanol–water partition coefficient (Wildman–Crippen LogP) is 2.09. The first-order valence-electron chi connectivity index (χ1n) is 6.70. The van der Waals surface area contributed by atoms with E-state index in [4.69, 9.17) is 5.11 Å². The van der Waals surface area contributed by atoms with Crippen molar-refractivity contribution in [1.82, 2.24) is 5.43 Å². The van der Waals surface area contributed by atoms with Gasteiger partial charge in [-0.2, -0.15) is 5.10 Å². The van der Waals surface area contributed by atoms with Crippen molar-refractivity contribution in [1.29, 1.82) is 0 Å². The lowest BCUT2D eigenvalue weighted by Gasteiger charge is -2.05. The van der Waals surface area contributed by atoms with Gasteiger partial charge in [0.25, 0.3) is 5.91 Å². The molecule has 0 unspecified atom stereocenters. The molecule has 0 aliphatic heterocycles. The van der Waals surface area contributed by atoms with Crippen LogP contribution in [0.3, 0.4) is 0 Å². The van der Waals surface area contributed by atoms with Gasteiger partial charge in [-0.05, 0) is 30.3 Å². The summed E-state index contributed by atoms with van der Waals surface area (Å²) in [6, 6.07) is 11.9. The Morgan fingerprint density at radius 3 is 2.52 bits per heavy atom. The van der Waals surface area contributed by atoms with Gasteiger partial charge in [0.05, 0.1) is 18.3 Å². The minimum absolute atomic E-state index is 0.0520. The molecule has 23 heavy (non-hydrogen) atoms. The number of hydrogen-bond acceptors (Lipinski definition) is 4. The van der Waals surface area contributed by atoms with Gasteiger partial charge in [0.1, 0.15) is 5.82 Å². The highest BCUT2D eigenvalue weighted by Crippen LogP contribution is 2.07. The van der Waals surface area contributed by atoms with Gasteiger partial charge in [0.2, 0.25) is 0 Å². The van der Waals surface area contributed by atoms with Gasteiger partial charge in [-0.1, -0.05) is 18.2 Å². The summed E-state index contributed by atoms with van der Waals surface area (Å²) in [5.41, 5.74) is 3.35. The van der Waals surface area contributed by atoms with E-state index in [1.165, 1.54) is 36.5 Å². The third-order valence-corrected chi connectivity index (χ3v) is 2.88. The molecular formula is C16H14FN3O3. The molecule has 0 saturated heterocycles. The van der Waals surface area contributed by atoms with E-state index in [1.807, 2.05) is 0 Å². The number of carboxylic acids is 1. The fraction of sp³-hybridized carbons (Fsp3) is 0.0625. The zero-order chi connectivity index (χ0) is 16.7. The summed E-state index contributed by atoms with van der Waals surface area (Å²) < 4.78 is 12.7. The van der Waals surface area contributed by atoms with Gasteiger partial charge in [-0.3, -0.25) is 4.79 Å². The standard InChI is InChI=1S/C16H14FN3O3/c17-12-5-7-13(8-6-12)18-10-15(21)20-19-9-11-3-1-2-4-14(11)16(22)23/h1-9,18H,10H2,(H,20,21)(H,22,23)/b19-9+. The maximum Gasteiger partial charge on any atom is 0.336 e. The Balaban J connectivity index is 1.87. The molecule has 0 bridgehead atoms. The van der Waals surface area contributed by atoms with Crippen molar-refractivity contribution in [3.8, 4) is 0 Å². The molecule has 2 aromatic rings. The molecule has 0 aliphatic carbocycles. The normalized spacial score (nSPS) is 10.5. The number of halogens is 1. The largest absolute Gasteiger partial charge is 0.478 e. The summed E-state index contributed by atoms with van der Waals surface area (Å²) in [4.78, 5) is 22.6. The fourth-order valence-electron chi connectivity index (χ4n) is 1.77. The molecule has 0 spiro atoms. The number of anilines is 1. The maximum atomic E-state index is 12.7. The zero-order valence-electron chi connectivity index (χ0n) is 12.0. The molecule has 0 fully saturated rings. The zero-order valence-corrected chi connectivity index (χ0v) is 12.0. The number of hydrogen-bond donors (Lipinski definition) is 3. The van der Waals surface area contributed by atoms with Crippen LogP contribution in [0, 0.1) is 5.82 Å². The fourth-order valence-corrected chi connectivity index (χ4v) is 1.77. The van der Waals surface area contributed by atoms with Crippen molar-refractivity contribution in [2.45, 2.75) is 0 Å². The third-order valence-electron chi connectivity index (χ3n) is 2.88. The van der Waals surface area contributed by atoms with Crippen LogP contribution in [0.5, 0.6) is 0 Å². The maximum absolute atomic E-state index is 12.7. The minimum Gasteiger partial charge on any atom is -0.478 e.